The smallest absolute Gasteiger partial charge is 0.238 e. The standard InChI is InChI=1S/C14H9N2O/c1-2-6-11(7-3-1)17-14-10-15-12-8-4-5-9-13(12)16-14/h1-2,4-10H. The largest absolute Gasteiger partial charge is 0.437 e. The van der Waals surface area contributed by atoms with Crippen molar-refractivity contribution in [2.45, 2.75) is 0 Å². The van der Waals surface area contributed by atoms with Gasteiger partial charge in [-0.05, 0) is 30.3 Å². The van der Waals surface area contributed by atoms with Crippen molar-refractivity contribution in [1.29, 1.82) is 0 Å². The van der Waals surface area contributed by atoms with Gasteiger partial charge in [0.2, 0.25) is 5.88 Å². The topological polar surface area (TPSA) is 35.0 Å². The molecule has 3 rings (SSSR count). The maximum Gasteiger partial charge on any atom is 0.238 e. The van der Waals surface area contributed by atoms with E-state index < -0.39 is 0 Å². The number of fused-ring (bicyclic) bond motifs is 1. The molecule has 3 aromatic rings. The van der Waals surface area contributed by atoms with Gasteiger partial charge in [0, 0.05) is 0 Å². The zero-order chi connectivity index (χ0) is 11.5. The Kier molecular flexibility index (Phi) is 2.43. The summed E-state index contributed by atoms with van der Waals surface area (Å²) in [6.45, 7) is 0. The molecule has 81 valence electrons. The van der Waals surface area contributed by atoms with Crippen molar-refractivity contribution >= 4 is 11.0 Å². The highest BCUT2D eigenvalue weighted by molar-refractivity contribution is 5.74. The molecule has 3 heteroatoms. The van der Waals surface area contributed by atoms with Crippen LogP contribution in [0.3, 0.4) is 0 Å². The summed E-state index contributed by atoms with van der Waals surface area (Å²) in [5, 5.41) is 0. The van der Waals surface area contributed by atoms with Gasteiger partial charge in [-0.15, -0.1) is 0 Å². The summed E-state index contributed by atoms with van der Waals surface area (Å²) in [6.07, 6.45) is 1.62. The maximum atomic E-state index is 5.58. The van der Waals surface area contributed by atoms with Crippen molar-refractivity contribution in [3.63, 3.8) is 0 Å². The summed E-state index contributed by atoms with van der Waals surface area (Å²) in [6, 6.07) is 17.9. The first-order valence-corrected chi connectivity index (χ1v) is 5.27. The average molecular weight is 221 g/mol. The number of benzene rings is 2. The van der Waals surface area contributed by atoms with E-state index in [-0.39, 0.29) is 0 Å². The molecule has 0 bridgehead atoms. The van der Waals surface area contributed by atoms with Crippen LogP contribution in [0.25, 0.3) is 11.0 Å². The van der Waals surface area contributed by atoms with Crippen LogP contribution in [0.15, 0.2) is 54.7 Å². The molecule has 0 atom stereocenters. The lowest BCUT2D eigenvalue weighted by Gasteiger charge is -2.04. The van der Waals surface area contributed by atoms with E-state index in [0.717, 1.165) is 11.0 Å². The minimum atomic E-state index is 0.489. The van der Waals surface area contributed by atoms with Gasteiger partial charge in [-0.25, -0.2) is 9.97 Å². The Morgan fingerprint density at radius 3 is 2.71 bits per heavy atom. The number of para-hydroxylation sites is 2. The maximum absolute atomic E-state index is 5.58. The van der Waals surface area contributed by atoms with Crippen molar-refractivity contribution in [2.75, 3.05) is 0 Å². The van der Waals surface area contributed by atoms with Crippen molar-refractivity contribution in [2.24, 2.45) is 0 Å². The van der Waals surface area contributed by atoms with Gasteiger partial charge in [-0.1, -0.05) is 24.3 Å². The average Bonchev–Trinajstić information content (AvgIpc) is 2.40. The fourth-order valence-electron chi connectivity index (χ4n) is 1.55. The second-order valence-corrected chi connectivity index (χ2v) is 3.54. The molecule has 0 aliphatic carbocycles. The van der Waals surface area contributed by atoms with E-state index in [1.165, 1.54) is 0 Å². The van der Waals surface area contributed by atoms with E-state index in [1.807, 2.05) is 42.5 Å². The van der Waals surface area contributed by atoms with Gasteiger partial charge in [-0.2, -0.15) is 0 Å². The SMILES string of the molecule is [c]1cccc(Oc2cnc3ccccc3n2)c1. The lowest BCUT2D eigenvalue weighted by Crippen LogP contribution is -1.90. The second-order valence-electron chi connectivity index (χ2n) is 3.54. The van der Waals surface area contributed by atoms with Crippen LogP contribution in [0, 0.1) is 6.07 Å². The zero-order valence-corrected chi connectivity index (χ0v) is 9.00. The molecule has 1 radical (unpaired) electrons. The van der Waals surface area contributed by atoms with E-state index in [0.29, 0.717) is 11.6 Å². The molecule has 0 spiro atoms. The van der Waals surface area contributed by atoms with Crippen LogP contribution < -0.4 is 4.74 Å². The summed E-state index contributed by atoms with van der Waals surface area (Å²) in [4.78, 5) is 8.65. The molecule has 0 aliphatic rings. The highest BCUT2D eigenvalue weighted by atomic mass is 16.5. The molecule has 17 heavy (non-hydrogen) atoms. The van der Waals surface area contributed by atoms with Crippen molar-refractivity contribution in [3.05, 3.63) is 60.8 Å². The molecule has 0 saturated heterocycles. The lowest BCUT2D eigenvalue weighted by atomic mass is 10.3. The second kappa shape index (κ2) is 4.22. The van der Waals surface area contributed by atoms with Gasteiger partial charge in [-0.3, -0.25) is 0 Å². The van der Waals surface area contributed by atoms with Gasteiger partial charge in [0.25, 0.3) is 0 Å². The quantitative estimate of drug-likeness (QED) is 0.666. The van der Waals surface area contributed by atoms with Crippen LogP contribution in [0.2, 0.25) is 0 Å². The minimum Gasteiger partial charge on any atom is -0.437 e. The Bertz CT molecular complexity index is 638. The number of ether oxygens (including phenoxy) is 1. The van der Waals surface area contributed by atoms with Gasteiger partial charge in [0.15, 0.2) is 0 Å². The minimum absolute atomic E-state index is 0.489. The van der Waals surface area contributed by atoms with Crippen LogP contribution in [-0.4, -0.2) is 9.97 Å². The Morgan fingerprint density at radius 1 is 1.00 bits per heavy atom. The van der Waals surface area contributed by atoms with Gasteiger partial charge in [0.05, 0.1) is 17.2 Å². The Morgan fingerprint density at radius 2 is 1.88 bits per heavy atom. The van der Waals surface area contributed by atoms with Crippen molar-refractivity contribution in [3.8, 4) is 11.6 Å². The van der Waals surface area contributed by atoms with Crippen LogP contribution in [0.4, 0.5) is 0 Å². The molecular formula is C14H9N2O. The number of hydrogen-bond acceptors (Lipinski definition) is 3. The molecule has 1 aromatic heterocycles. The molecule has 0 saturated carbocycles. The number of rotatable bonds is 2. The highest BCUT2D eigenvalue weighted by Gasteiger charge is 2.00. The molecule has 3 nitrogen and oxygen atoms in total. The third-order valence-corrected chi connectivity index (χ3v) is 2.33. The van der Waals surface area contributed by atoms with E-state index in [1.54, 1.807) is 12.3 Å². The van der Waals surface area contributed by atoms with Gasteiger partial charge >= 0.3 is 0 Å². The number of nitrogens with zero attached hydrogens (tertiary/aromatic N) is 2. The molecule has 0 unspecified atom stereocenters. The fraction of sp³-hybridized carbons (Fsp3) is 0. The molecule has 0 N–H and O–H groups in total. The first-order chi connectivity index (χ1) is 8.42. The first-order valence-electron chi connectivity index (χ1n) is 5.27. The zero-order valence-electron chi connectivity index (χ0n) is 9.00. The lowest BCUT2D eigenvalue weighted by molar-refractivity contribution is 0.462. The summed E-state index contributed by atoms with van der Waals surface area (Å²) in [5.74, 6) is 1.19. The number of hydrogen-bond donors (Lipinski definition) is 0. The van der Waals surface area contributed by atoms with Crippen molar-refractivity contribution < 1.29 is 4.74 Å². The van der Waals surface area contributed by atoms with Gasteiger partial charge < -0.3 is 4.74 Å². The normalized spacial score (nSPS) is 10.4. The van der Waals surface area contributed by atoms with E-state index in [2.05, 4.69) is 16.0 Å². The van der Waals surface area contributed by atoms with Gasteiger partial charge in [0.1, 0.15) is 5.75 Å². The van der Waals surface area contributed by atoms with E-state index in [9.17, 15) is 0 Å². The molecule has 0 fully saturated rings. The Hall–Kier alpha value is -2.42. The van der Waals surface area contributed by atoms with Crippen LogP contribution in [0.5, 0.6) is 11.6 Å². The summed E-state index contributed by atoms with van der Waals surface area (Å²) in [7, 11) is 0. The van der Waals surface area contributed by atoms with E-state index >= 15 is 0 Å². The Balaban J connectivity index is 1.96. The predicted molar refractivity (Wildman–Crippen MR) is 64.9 cm³/mol. The highest BCUT2D eigenvalue weighted by Crippen LogP contribution is 2.19. The van der Waals surface area contributed by atoms with Crippen molar-refractivity contribution in [1.82, 2.24) is 9.97 Å². The number of aromatic nitrogens is 2. The summed E-state index contributed by atoms with van der Waals surface area (Å²) < 4.78 is 5.58. The summed E-state index contributed by atoms with van der Waals surface area (Å²) >= 11 is 0. The molecule has 0 amide bonds. The fourth-order valence-corrected chi connectivity index (χ4v) is 1.55. The van der Waals surface area contributed by atoms with Crippen LogP contribution in [0.1, 0.15) is 0 Å². The molecule has 1 heterocycles. The third kappa shape index (κ3) is 2.08. The van der Waals surface area contributed by atoms with Crippen LogP contribution >= 0.6 is 0 Å². The molecule has 0 aliphatic heterocycles. The van der Waals surface area contributed by atoms with Crippen LogP contribution in [-0.2, 0) is 0 Å². The monoisotopic (exact) mass is 221 g/mol. The third-order valence-electron chi connectivity index (χ3n) is 2.33. The predicted octanol–water partition coefficient (Wildman–Crippen LogP) is 3.22. The molecular weight excluding hydrogens is 212 g/mol. The summed E-state index contributed by atoms with van der Waals surface area (Å²) in [5.41, 5.74) is 1.68. The first kappa shape index (κ1) is 9.78. The Labute approximate surface area is 98.7 Å². The van der Waals surface area contributed by atoms with E-state index in [4.69, 9.17) is 4.74 Å². The molecule has 2 aromatic carbocycles.